The fraction of sp³-hybridized carbons (Fsp3) is 0.226. The molecule has 1 aliphatic heterocycles. The van der Waals surface area contributed by atoms with Gasteiger partial charge in [-0.2, -0.15) is 4.98 Å². The second-order valence-corrected chi connectivity index (χ2v) is 9.62. The molecule has 192 valence electrons. The van der Waals surface area contributed by atoms with E-state index in [4.69, 9.17) is 4.98 Å². The van der Waals surface area contributed by atoms with Crippen molar-refractivity contribution in [2.45, 2.75) is 26.3 Å². The SMILES string of the molecule is Cc1ccc(CNC(=O)C2CCCN(c3ccnc(Nc4ccc(C(=O)c5ccccc5)cc4)n3)C2)cc1. The molecule has 7 nitrogen and oxygen atoms in total. The first-order valence-corrected chi connectivity index (χ1v) is 12.9. The summed E-state index contributed by atoms with van der Waals surface area (Å²) in [6.07, 6.45) is 3.51. The molecule has 1 atom stereocenters. The van der Waals surface area contributed by atoms with Crippen LogP contribution in [0.2, 0.25) is 0 Å². The molecule has 2 N–H and O–H groups in total. The molecule has 0 saturated carbocycles. The second-order valence-electron chi connectivity index (χ2n) is 9.62. The minimum absolute atomic E-state index is 0.0158. The largest absolute Gasteiger partial charge is 0.356 e. The zero-order valence-electron chi connectivity index (χ0n) is 21.4. The van der Waals surface area contributed by atoms with E-state index in [9.17, 15) is 9.59 Å². The Bertz CT molecular complexity index is 1390. The summed E-state index contributed by atoms with van der Waals surface area (Å²) < 4.78 is 0. The number of aromatic nitrogens is 2. The third-order valence-electron chi connectivity index (χ3n) is 6.78. The number of benzene rings is 3. The smallest absolute Gasteiger partial charge is 0.229 e. The standard InChI is InChI=1S/C31H31N5O2/c1-22-9-11-23(12-10-22)20-33-30(38)26-8-5-19-36(21-26)28-17-18-32-31(35-28)34-27-15-13-25(14-16-27)29(37)24-6-3-2-4-7-24/h2-4,6-7,9-18,26H,5,8,19-21H2,1H3,(H,33,38)(H,32,34,35). The third-order valence-corrected chi connectivity index (χ3v) is 6.78. The second kappa shape index (κ2) is 11.7. The Morgan fingerprint density at radius 2 is 1.66 bits per heavy atom. The predicted octanol–water partition coefficient (Wildman–Crippen LogP) is 5.29. The van der Waals surface area contributed by atoms with Crippen LogP contribution >= 0.6 is 0 Å². The first kappa shape index (κ1) is 25.1. The van der Waals surface area contributed by atoms with Gasteiger partial charge in [-0.3, -0.25) is 9.59 Å². The highest BCUT2D eigenvalue weighted by Gasteiger charge is 2.26. The minimum atomic E-state index is -0.0877. The summed E-state index contributed by atoms with van der Waals surface area (Å²) in [6.45, 7) is 4.05. The van der Waals surface area contributed by atoms with Crippen LogP contribution in [0.4, 0.5) is 17.5 Å². The Hall–Kier alpha value is -4.52. The molecule has 1 aromatic heterocycles. The van der Waals surface area contributed by atoms with Crippen molar-refractivity contribution in [2.24, 2.45) is 5.92 Å². The van der Waals surface area contributed by atoms with Gasteiger partial charge < -0.3 is 15.5 Å². The molecular formula is C31H31N5O2. The topological polar surface area (TPSA) is 87.2 Å². The van der Waals surface area contributed by atoms with E-state index in [1.54, 1.807) is 18.3 Å². The summed E-state index contributed by atoms with van der Waals surface area (Å²) in [5, 5.41) is 6.32. The van der Waals surface area contributed by atoms with Crippen molar-refractivity contribution in [1.82, 2.24) is 15.3 Å². The molecule has 7 heteroatoms. The summed E-state index contributed by atoms with van der Waals surface area (Å²) in [5.41, 5.74) is 4.38. The van der Waals surface area contributed by atoms with E-state index < -0.39 is 0 Å². The maximum atomic E-state index is 12.9. The molecule has 4 aromatic rings. The molecular weight excluding hydrogens is 474 g/mol. The van der Waals surface area contributed by atoms with E-state index >= 15 is 0 Å². The number of rotatable bonds is 8. The summed E-state index contributed by atoms with van der Waals surface area (Å²) in [5.74, 6) is 1.23. The molecule has 2 heterocycles. The van der Waals surface area contributed by atoms with Crippen LogP contribution in [-0.2, 0) is 11.3 Å². The number of anilines is 3. The fourth-order valence-electron chi connectivity index (χ4n) is 4.61. The molecule has 1 amide bonds. The molecule has 0 spiro atoms. The molecule has 0 radical (unpaired) electrons. The number of piperidine rings is 1. The van der Waals surface area contributed by atoms with E-state index in [1.165, 1.54) is 5.56 Å². The number of nitrogens with one attached hydrogen (secondary N) is 2. The highest BCUT2D eigenvalue weighted by Crippen LogP contribution is 2.24. The van der Waals surface area contributed by atoms with Gasteiger partial charge in [0.25, 0.3) is 0 Å². The van der Waals surface area contributed by atoms with Gasteiger partial charge >= 0.3 is 0 Å². The van der Waals surface area contributed by atoms with Crippen molar-refractivity contribution < 1.29 is 9.59 Å². The number of hydrogen-bond acceptors (Lipinski definition) is 6. The molecule has 3 aromatic carbocycles. The summed E-state index contributed by atoms with van der Waals surface area (Å²) in [4.78, 5) is 36.7. The van der Waals surface area contributed by atoms with Crippen molar-refractivity contribution in [3.63, 3.8) is 0 Å². The summed E-state index contributed by atoms with van der Waals surface area (Å²) in [6, 6.07) is 26.6. The average molecular weight is 506 g/mol. The van der Waals surface area contributed by atoms with Crippen LogP contribution in [0.25, 0.3) is 0 Å². The van der Waals surface area contributed by atoms with E-state index in [0.717, 1.165) is 36.5 Å². The molecule has 0 bridgehead atoms. The molecule has 5 rings (SSSR count). The van der Waals surface area contributed by atoms with Crippen molar-refractivity contribution in [1.29, 1.82) is 0 Å². The lowest BCUT2D eigenvalue weighted by Crippen LogP contribution is -2.43. The van der Waals surface area contributed by atoms with Gasteiger partial charge in [0.1, 0.15) is 5.82 Å². The Morgan fingerprint density at radius 3 is 2.42 bits per heavy atom. The molecule has 1 saturated heterocycles. The molecule has 1 fully saturated rings. The Balaban J connectivity index is 1.19. The average Bonchev–Trinajstić information content (AvgIpc) is 2.97. The van der Waals surface area contributed by atoms with E-state index in [2.05, 4.69) is 39.6 Å². The number of nitrogens with zero attached hydrogens (tertiary/aromatic N) is 3. The van der Waals surface area contributed by atoms with E-state index in [-0.39, 0.29) is 17.6 Å². The lowest BCUT2D eigenvalue weighted by molar-refractivity contribution is -0.125. The normalized spacial score (nSPS) is 15.1. The van der Waals surface area contributed by atoms with Crippen LogP contribution in [0.15, 0.2) is 91.1 Å². The van der Waals surface area contributed by atoms with Gasteiger partial charge in [0.2, 0.25) is 11.9 Å². The molecule has 1 aliphatic rings. The van der Waals surface area contributed by atoms with E-state index in [0.29, 0.717) is 30.2 Å². The highest BCUT2D eigenvalue weighted by atomic mass is 16.2. The third kappa shape index (κ3) is 6.24. The summed E-state index contributed by atoms with van der Waals surface area (Å²) >= 11 is 0. The monoisotopic (exact) mass is 505 g/mol. The van der Waals surface area contributed by atoms with Crippen molar-refractivity contribution in [3.05, 3.63) is 113 Å². The van der Waals surface area contributed by atoms with Gasteiger partial charge in [0.15, 0.2) is 5.78 Å². The first-order valence-electron chi connectivity index (χ1n) is 12.9. The van der Waals surface area contributed by atoms with Gasteiger partial charge in [0.05, 0.1) is 5.92 Å². The van der Waals surface area contributed by atoms with Crippen LogP contribution in [0.5, 0.6) is 0 Å². The maximum Gasteiger partial charge on any atom is 0.229 e. The van der Waals surface area contributed by atoms with Gasteiger partial charge in [-0.05, 0) is 55.7 Å². The lowest BCUT2D eigenvalue weighted by Gasteiger charge is -2.33. The number of carbonyl (C=O) groups excluding carboxylic acids is 2. The zero-order chi connectivity index (χ0) is 26.3. The van der Waals surface area contributed by atoms with Crippen LogP contribution in [-0.4, -0.2) is 34.7 Å². The van der Waals surface area contributed by atoms with Crippen molar-refractivity contribution in [3.8, 4) is 0 Å². The highest BCUT2D eigenvalue weighted by molar-refractivity contribution is 6.09. The van der Waals surface area contributed by atoms with Gasteiger partial charge in [-0.1, -0.05) is 60.2 Å². The quantitative estimate of drug-likeness (QED) is 0.316. The maximum absolute atomic E-state index is 12.9. The van der Waals surface area contributed by atoms with Crippen LogP contribution in [0, 0.1) is 12.8 Å². The number of ketones is 1. The fourth-order valence-corrected chi connectivity index (χ4v) is 4.61. The van der Waals surface area contributed by atoms with Crippen molar-refractivity contribution in [2.75, 3.05) is 23.3 Å². The van der Waals surface area contributed by atoms with Gasteiger partial charge in [-0.15, -0.1) is 0 Å². The Labute approximate surface area is 223 Å². The summed E-state index contributed by atoms with van der Waals surface area (Å²) in [7, 11) is 0. The minimum Gasteiger partial charge on any atom is -0.356 e. The van der Waals surface area contributed by atoms with Crippen LogP contribution < -0.4 is 15.5 Å². The molecule has 1 unspecified atom stereocenters. The Morgan fingerprint density at radius 1 is 0.921 bits per heavy atom. The molecule has 38 heavy (non-hydrogen) atoms. The van der Waals surface area contributed by atoms with Gasteiger partial charge in [0, 0.05) is 42.6 Å². The lowest BCUT2D eigenvalue weighted by atomic mass is 9.97. The van der Waals surface area contributed by atoms with Crippen molar-refractivity contribution >= 4 is 29.1 Å². The number of amides is 1. The zero-order valence-corrected chi connectivity index (χ0v) is 21.4. The number of aryl methyl sites for hydroxylation is 1. The molecule has 0 aliphatic carbocycles. The first-order chi connectivity index (χ1) is 18.5. The van der Waals surface area contributed by atoms with E-state index in [1.807, 2.05) is 60.7 Å². The van der Waals surface area contributed by atoms with Crippen LogP contribution in [0.1, 0.15) is 39.9 Å². The van der Waals surface area contributed by atoms with Gasteiger partial charge in [-0.25, -0.2) is 4.98 Å². The number of hydrogen-bond donors (Lipinski definition) is 2. The number of carbonyl (C=O) groups is 2. The Kier molecular flexibility index (Phi) is 7.73. The predicted molar refractivity (Wildman–Crippen MR) is 150 cm³/mol. The van der Waals surface area contributed by atoms with Crippen LogP contribution in [0.3, 0.4) is 0 Å².